The van der Waals surface area contributed by atoms with Gasteiger partial charge in [0.15, 0.2) is 0 Å². The molecule has 4 rings (SSSR count). The van der Waals surface area contributed by atoms with E-state index >= 15 is 0 Å². The van der Waals surface area contributed by atoms with Gasteiger partial charge in [0, 0.05) is 12.6 Å². The van der Waals surface area contributed by atoms with Crippen LogP contribution in [0.5, 0.6) is 0 Å². The standard InChI is InChI=1S/C14H23N3O2/c1-2-3-11-14(19)17(9-13(18)15-11)12-8-16-6-4-10(12)5-7-16/h10-12H,2-9H2,1H3,(H,15,18). The van der Waals surface area contributed by atoms with Crippen molar-refractivity contribution in [2.75, 3.05) is 26.2 Å². The molecule has 2 bridgehead atoms. The smallest absolute Gasteiger partial charge is 0.245 e. The molecule has 4 fully saturated rings. The molecule has 5 heteroatoms. The highest BCUT2D eigenvalue weighted by atomic mass is 16.2. The minimum Gasteiger partial charge on any atom is -0.343 e. The second kappa shape index (κ2) is 5.12. The molecule has 4 heterocycles. The molecule has 0 saturated carbocycles. The lowest BCUT2D eigenvalue weighted by Crippen LogP contribution is -2.66. The molecule has 5 nitrogen and oxygen atoms in total. The summed E-state index contributed by atoms with van der Waals surface area (Å²) in [7, 11) is 0. The lowest BCUT2D eigenvalue weighted by atomic mass is 9.82. The van der Waals surface area contributed by atoms with Crippen LogP contribution in [0.1, 0.15) is 32.6 Å². The number of piperazine rings is 1. The molecule has 2 atom stereocenters. The van der Waals surface area contributed by atoms with Crippen molar-refractivity contribution in [2.24, 2.45) is 5.92 Å². The molecule has 0 aliphatic carbocycles. The molecule has 0 aromatic rings. The van der Waals surface area contributed by atoms with Gasteiger partial charge >= 0.3 is 0 Å². The first kappa shape index (κ1) is 12.9. The Morgan fingerprint density at radius 3 is 2.58 bits per heavy atom. The molecule has 4 aliphatic rings. The van der Waals surface area contributed by atoms with Crippen molar-refractivity contribution in [1.82, 2.24) is 15.1 Å². The summed E-state index contributed by atoms with van der Waals surface area (Å²) in [5.74, 6) is 0.747. The summed E-state index contributed by atoms with van der Waals surface area (Å²) in [6.45, 7) is 5.59. The molecule has 0 spiro atoms. The summed E-state index contributed by atoms with van der Waals surface area (Å²) in [4.78, 5) is 28.7. The number of rotatable bonds is 3. The van der Waals surface area contributed by atoms with Gasteiger partial charge in [-0.25, -0.2) is 0 Å². The molecule has 4 saturated heterocycles. The number of nitrogens with one attached hydrogen (secondary N) is 1. The predicted octanol–water partition coefficient (Wildman–Crippen LogP) is 0.208. The average Bonchev–Trinajstić information content (AvgIpc) is 2.44. The largest absolute Gasteiger partial charge is 0.343 e. The maximum absolute atomic E-state index is 12.5. The van der Waals surface area contributed by atoms with Gasteiger partial charge in [0.05, 0.1) is 6.54 Å². The van der Waals surface area contributed by atoms with Gasteiger partial charge in [-0.15, -0.1) is 0 Å². The molecule has 0 aromatic heterocycles. The van der Waals surface area contributed by atoms with E-state index in [1.165, 1.54) is 12.8 Å². The number of hydrogen-bond donors (Lipinski definition) is 1. The van der Waals surface area contributed by atoms with Crippen molar-refractivity contribution in [3.8, 4) is 0 Å². The van der Waals surface area contributed by atoms with Gasteiger partial charge in [0.1, 0.15) is 6.04 Å². The Morgan fingerprint density at radius 2 is 2.00 bits per heavy atom. The van der Waals surface area contributed by atoms with Crippen molar-refractivity contribution in [2.45, 2.75) is 44.7 Å². The second-order valence-corrected chi connectivity index (χ2v) is 6.08. The van der Waals surface area contributed by atoms with Gasteiger partial charge in [-0.2, -0.15) is 0 Å². The number of piperidine rings is 3. The third-order valence-electron chi connectivity index (χ3n) is 4.83. The third kappa shape index (κ3) is 2.36. The van der Waals surface area contributed by atoms with Gasteiger partial charge in [0.2, 0.25) is 11.8 Å². The number of amides is 2. The van der Waals surface area contributed by atoms with Crippen LogP contribution in [0.4, 0.5) is 0 Å². The Hall–Kier alpha value is -1.10. The third-order valence-corrected chi connectivity index (χ3v) is 4.83. The van der Waals surface area contributed by atoms with E-state index in [4.69, 9.17) is 0 Å². The number of fused-ring (bicyclic) bond motifs is 3. The molecular formula is C14H23N3O2. The molecule has 2 amide bonds. The predicted molar refractivity (Wildman–Crippen MR) is 71.5 cm³/mol. The number of carbonyl (C=O) groups excluding carboxylic acids is 2. The summed E-state index contributed by atoms with van der Waals surface area (Å²) >= 11 is 0. The lowest BCUT2D eigenvalue weighted by Gasteiger charge is -2.50. The summed E-state index contributed by atoms with van der Waals surface area (Å²) in [6.07, 6.45) is 4.02. The normalized spacial score (nSPS) is 38.5. The van der Waals surface area contributed by atoms with Crippen LogP contribution in [-0.4, -0.2) is 59.9 Å². The Kier molecular flexibility index (Phi) is 3.48. The minimum absolute atomic E-state index is 0.00879. The summed E-state index contributed by atoms with van der Waals surface area (Å²) in [6, 6.07) is -0.0258. The van der Waals surface area contributed by atoms with Crippen molar-refractivity contribution >= 4 is 11.8 Å². The molecular weight excluding hydrogens is 242 g/mol. The highest BCUT2D eigenvalue weighted by Crippen LogP contribution is 2.31. The molecule has 106 valence electrons. The van der Waals surface area contributed by atoms with E-state index < -0.39 is 0 Å². The van der Waals surface area contributed by atoms with Crippen LogP contribution in [0.15, 0.2) is 0 Å². The van der Waals surface area contributed by atoms with E-state index in [0.717, 1.165) is 32.5 Å². The van der Waals surface area contributed by atoms with Gasteiger partial charge in [-0.3, -0.25) is 9.59 Å². The lowest BCUT2D eigenvalue weighted by molar-refractivity contribution is -0.151. The Balaban J connectivity index is 1.75. The Bertz CT molecular complexity index is 377. The number of carbonyl (C=O) groups is 2. The van der Waals surface area contributed by atoms with Gasteiger partial charge in [-0.1, -0.05) is 13.3 Å². The zero-order valence-electron chi connectivity index (χ0n) is 11.6. The highest BCUT2D eigenvalue weighted by molar-refractivity contribution is 5.95. The molecule has 4 aliphatic heterocycles. The fourth-order valence-electron chi connectivity index (χ4n) is 3.79. The summed E-state index contributed by atoms with van der Waals surface area (Å²) in [5, 5.41) is 2.84. The second-order valence-electron chi connectivity index (χ2n) is 6.08. The van der Waals surface area contributed by atoms with E-state index in [1.54, 1.807) is 0 Å². The minimum atomic E-state index is -0.290. The zero-order valence-corrected chi connectivity index (χ0v) is 11.6. The zero-order chi connectivity index (χ0) is 13.4. The highest BCUT2D eigenvalue weighted by Gasteiger charge is 2.43. The molecule has 1 N–H and O–H groups in total. The van der Waals surface area contributed by atoms with Crippen LogP contribution >= 0.6 is 0 Å². The van der Waals surface area contributed by atoms with Crippen molar-refractivity contribution in [3.05, 3.63) is 0 Å². The molecule has 2 unspecified atom stereocenters. The summed E-state index contributed by atoms with van der Waals surface area (Å²) < 4.78 is 0. The quantitative estimate of drug-likeness (QED) is 0.793. The van der Waals surface area contributed by atoms with Crippen LogP contribution in [0.25, 0.3) is 0 Å². The number of nitrogens with zero attached hydrogens (tertiary/aromatic N) is 2. The maximum atomic E-state index is 12.5. The van der Waals surface area contributed by atoms with Crippen molar-refractivity contribution < 1.29 is 9.59 Å². The first-order chi connectivity index (χ1) is 9.19. The van der Waals surface area contributed by atoms with E-state index in [-0.39, 0.29) is 30.4 Å². The van der Waals surface area contributed by atoms with Crippen LogP contribution in [0.2, 0.25) is 0 Å². The van der Waals surface area contributed by atoms with Gasteiger partial charge < -0.3 is 15.1 Å². The van der Waals surface area contributed by atoms with E-state index in [2.05, 4.69) is 10.2 Å². The van der Waals surface area contributed by atoms with Crippen LogP contribution in [0, 0.1) is 5.92 Å². The van der Waals surface area contributed by atoms with Crippen LogP contribution < -0.4 is 5.32 Å². The molecule has 19 heavy (non-hydrogen) atoms. The maximum Gasteiger partial charge on any atom is 0.245 e. The number of hydrogen-bond acceptors (Lipinski definition) is 3. The van der Waals surface area contributed by atoms with Crippen molar-refractivity contribution in [3.63, 3.8) is 0 Å². The Morgan fingerprint density at radius 1 is 1.26 bits per heavy atom. The van der Waals surface area contributed by atoms with Gasteiger partial charge in [0.25, 0.3) is 0 Å². The Labute approximate surface area is 114 Å². The monoisotopic (exact) mass is 265 g/mol. The van der Waals surface area contributed by atoms with Crippen molar-refractivity contribution in [1.29, 1.82) is 0 Å². The topological polar surface area (TPSA) is 52.7 Å². The first-order valence-corrected chi connectivity index (χ1v) is 7.51. The summed E-state index contributed by atoms with van der Waals surface area (Å²) in [5.41, 5.74) is 0. The first-order valence-electron chi connectivity index (χ1n) is 7.51. The van der Waals surface area contributed by atoms with Gasteiger partial charge in [-0.05, 0) is 38.3 Å². The van der Waals surface area contributed by atoms with Crippen LogP contribution in [0.3, 0.4) is 0 Å². The fraction of sp³-hybridized carbons (Fsp3) is 0.857. The van der Waals surface area contributed by atoms with Crippen LogP contribution in [-0.2, 0) is 9.59 Å². The SMILES string of the molecule is CCCC1NC(=O)CN(C2CN3CCC2CC3)C1=O. The molecule has 0 radical (unpaired) electrons. The van der Waals surface area contributed by atoms with E-state index in [9.17, 15) is 9.59 Å². The average molecular weight is 265 g/mol. The molecule has 0 aromatic carbocycles. The van der Waals surface area contributed by atoms with E-state index in [0.29, 0.717) is 5.92 Å². The van der Waals surface area contributed by atoms with E-state index in [1.807, 2.05) is 11.8 Å². The fourth-order valence-corrected chi connectivity index (χ4v) is 3.79.